The van der Waals surface area contributed by atoms with E-state index in [1.54, 1.807) is 0 Å². The van der Waals surface area contributed by atoms with Crippen LogP contribution in [-0.4, -0.2) is 53.0 Å². The highest BCUT2D eigenvalue weighted by Gasteiger charge is 2.47. The highest BCUT2D eigenvalue weighted by Crippen LogP contribution is 2.47. The van der Waals surface area contributed by atoms with Crippen molar-refractivity contribution in [3.63, 3.8) is 0 Å². The van der Waals surface area contributed by atoms with Crippen LogP contribution in [0.15, 0.2) is 23.8 Å². The van der Waals surface area contributed by atoms with Gasteiger partial charge in [0.15, 0.2) is 16.6 Å². The molecule has 0 bridgehead atoms. The maximum atomic E-state index is 13.2. The van der Waals surface area contributed by atoms with Gasteiger partial charge in [-0.3, -0.25) is 9.59 Å². The van der Waals surface area contributed by atoms with Crippen molar-refractivity contribution in [2.75, 3.05) is 0 Å². The van der Waals surface area contributed by atoms with E-state index in [1.807, 2.05) is 20.8 Å². The van der Waals surface area contributed by atoms with E-state index in [9.17, 15) is 9.59 Å². The molecule has 3 aliphatic rings. The first kappa shape index (κ1) is 36.2. The predicted octanol–water partition coefficient (Wildman–Crippen LogP) is 8.98. The molecule has 0 unspecified atom stereocenters. The third kappa shape index (κ3) is 8.95. The lowest BCUT2D eigenvalue weighted by molar-refractivity contribution is -0.165. The first-order valence-electron chi connectivity index (χ1n) is 16.6. The van der Waals surface area contributed by atoms with Crippen molar-refractivity contribution in [1.82, 2.24) is 0 Å². The molecule has 0 spiro atoms. The summed E-state index contributed by atoms with van der Waals surface area (Å²) in [5.41, 5.74) is 0.627. The number of fused-ring (bicyclic) bond motifs is 1. The first-order valence-corrected chi connectivity index (χ1v) is 22.4. The van der Waals surface area contributed by atoms with Crippen molar-refractivity contribution >= 4 is 28.6 Å². The van der Waals surface area contributed by atoms with E-state index in [4.69, 9.17) is 18.3 Å². The molecule has 3 rings (SSSR count). The maximum Gasteiger partial charge on any atom is 0.311 e. The summed E-state index contributed by atoms with van der Waals surface area (Å²) >= 11 is 0. The lowest BCUT2D eigenvalue weighted by Gasteiger charge is -2.46. The van der Waals surface area contributed by atoms with Gasteiger partial charge in [0, 0.05) is 18.8 Å². The number of carbonyl (C=O) groups is 2. The molecule has 0 amide bonds. The number of hydrogen-bond acceptors (Lipinski definition) is 6. The molecule has 1 saturated heterocycles. The predicted molar refractivity (Wildman–Crippen MR) is 180 cm³/mol. The summed E-state index contributed by atoms with van der Waals surface area (Å²) in [5, 5.41) is 0.173. The van der Waals surface area contributed by atoms with Crippen LogP contribution in [0.1, 0.15) is 101 Å². The average Bonchev–Trinajstić information content (AvgIpc) is 2.80. The molecule has 43 heavy (non-hydrogen) atoms. The van der Waals surface area contributed by atoms with E-state index in [2.05, 4.69) is 92.9 Å². The molecule has 0 aromatic heterocycles. The Bertz CT molecular complexity index is 1070. The maximum absolute atomic E-state index is 13.2. The highest BCUT2D eigenvalue weighted by molar-refractivity contribution is 6.74. The minimum Gasteiger partial charge on any atom is -0.462 e. The zero-order chi connectivity index (χ0) is 32.8. The summed E-state index contributed by atoms with van der Waals surface area (Å²) in [4.78, 5) is 25.9. The van der Waals surface area contributed by atoms with E-state index < -0.39 is 22.0 Å². The van der Waals surface area contributed by atoms with Crippen LogP contribution in [0, 0.1) is 23.2 Å². The van der Waals surface area contributed by atoms with E-state index in [0.717, 1.165) is 19.3 Å². The number of allylic oxidation sites excluding steroid dienone is 2. The topological polar surface area (TPSA) is 71.1 Å². The van der Waals surface area contributed by atoms with Gasteiger partial charge in [0.05, 0.1) is 24.0 Å². The number of esters is 2. The largest absolute Gasteiger partial charge is 0.462 e. The summed E-state index contributed by atoms with van der Waals surface area (Å²) in [6.45, 7) is 30.5. The second-order valence-electron chi connectivity index (χ2n) is 17.5. The van der Waals surface area contributed by atoms with Gasteiger partial charge >= 0.3 is 11.9 Å². The summed E-state index contributed by atoms with van der Waals surface area (Å²) < 4.78 is 25.8. The fraction of sp³-hybridized carbons (Fsp3) is 0.829. The van der Waals surface area contributed by atoms with Crippen LogP contribution >= 0.6 is 0 Å². The van der Waals surface area contributed by atoms with E-state index >= 15 is 0 Å². The first-order chi connectivity index (χ1) is 19.4. The normalized spacial score (nSPS) is 30.8. The number of cyclic esters (lactones) is 1. The minimum atomic E-state index is -2.03. The summed E-state index contributed by atoms with van der Waals surface area (Å²) in [6, 6.07) is 0. The van der Waals surface area contributed by atoms with Gasteiger partial charge in [0.25, 0.3) is 0 Å². The van der Waals surface area contributed by atoms with Gasteiger partial charge in [-0.05, 0) is 87.3 Å². The van der Waals surface area contributed by atoms with Gasteiger partial charge in [-0.2, -0.15) is 0 Å². The quantitative estimate of drug-likeness (QED) is 0.196. The number of ether oxygens (including phenoxy) is 2. The third-order valence-electron chi connectivity index (χ3n) is 10.8. The van der Waals surface area contributed by atoms with Gasteiger partial charge in [0.1, 0.15) is 12.2 Å². The summed E-state index contributed by atoms with van der Waals surface area (Å²) in [6.07, 6.45) is 9.63. The third-order valence-corrected chi connectivity index (χ3v) is 19.8. The summed E-state index contributed by atoms with van der Waals surface area (Å²) in [5.74, 6) is 0.344. The smallest absolute Gasteiger partial charge is 0.311 e. The van der Waals surface area contributed by atoms with Crippen LogP contribution < -0.4 is 0 Å². The lowest BCUT2D eigenvalue weighted by Crippen LogP contribution is -2.49. The molecule has 0 radical (unpaired) electrons. The Morgan fingerprint density at radius 3 is 2.05 bits per heavy atom. The van der Waals surface area contributed by atoms with Gasteiger partial charge in [-0.15, -0.1) is 0 Å². The molecule has 1 fully saturated rings. The van der Waals surface area contributed by atoms with Crippen LogP contribution in [0.25, 0.3) is 0 Å². The minimum absolute atomic E-state index is 0.0863. The zero-order valence-electron chi connectivity index (χ0n) is 29.8. The molecule has 2 aliphatic carbocycles. The monoisotopic (exact) mass is 634 g/mol. The fourth-order valence-corrected chi connectivity index (χ4v) is 8.65. The Balaban J connectivity index is 1.83. The van der Waals surface area contributed by atoms with Crippen LogP contribution in [0.2, 0.25) is 36.3 Å². The second-order valence-corrected chi connectivity index (χ2v) is 27.1. The Kier molecular flexibility index (Phi) is 10.9. The van der Waals surface area contributed by atoms with Gasteiger partial charge in [-0.1, -0.05) is 66.7 Å². The Morgan fingerprint density at radius 2 is 1.49 bits per heavy atom. The molecule has 0 N–H and O–H groups in total. The number of rotatable bonds is 8. The molecular formula is C35H62O6Si2. The Morgan fingerprint density at radius 1 is 0.907 bits per heavy atom. The molecule has 6 nitrogen and oxygen atoms in total. The average molecular weight is 635 g/mol. The standard InChI is InChI=1S/C35H62O6Si2/c1-23-15-16-24-19-26(40-42(11,12)34(5,6)7)21-29(39-32(37)33(2,3)4)31(24)28(23)18-17-25-20-27(22-30(36)38-25)41-43(13,14)35(8,9)10/h15-16,19,23,25-29,31H,17-18,20-22H2,1-14H3/t23-,25-,26-,27-,28+,29+,31+/m1/s1. The molecule has 1 aliphatic heterocycles. The zero-order valence-corrected chi connectivity index (χ0v) is 31.8. The molecule has 0 saturated carbocycles. The van der Waals surface area contributed by atoms with Crippen LogP contribution in [-0.2, 0) is 27.9 Å². The van der Waals surface area contributed by atoms with Crippen molar-refractivity contribution in [1.29, 1.82) is 0 Å². The number of hydrogen-bond donors (Lipinski definition) is 0. The second kappa shape index (κ2) is 12.9. The lowest BCUT2D eigenvalue weighted by atomic mass is 9.66. The highest BCUT2D eigenvalue weighted by atomic mass is 28.4. The van der Waals surface area contributed by atoms with Gasteiger partial charge in [-0.25, -0.2) is 0 Å². The molecule has 0 aromatic carbocycles. The van der Waals surface area contributed by atoms with Crippen LogP contribution in [0.4, 0.5) is 0 Å². The van der Waals surface area contributed by atoms with E-state index in [1.165, 1.54) is 5.57 Å². The molecule has 8 heteroatoms. The summed E-state index contributed by atoms with van der Waals surface area (Å²) in [7, 11) is -4.03. The van der Waals surface area contributed by atoms with Crippen molar-refractivity contribution in [3.8, 4) is 0 Å². The molecule has 0 aromatic rings. The van der Waals surface area contributed by atoms with Crippen LogP contribution in [0.3, 0.4) is 0 Å². The van der Waals surface area contributed by atoms with Crippen molar-refractivity contribution in [2.24, 2.45) is 23.2 Å². The fourth-order valence-electron chi connectivity index (χ4n) is 6.00. The Hall–Kier alpha value is -1.23. The SMILES string of the molecule is C[C@@H]1C=CC2=C[C@@H](O[Si](C)(C)C(C)(C)C)C[C@H](OC(=O)C(C)(C)C)[C@@H]2[C@H]1CC[C@@H]1C[C@@H](O[Si](C)(C)C(C)(C)C)CC(=O)O1. The van der Waals surface area contributed by atoms with Crippen molar-refractivity contribution in [3.05, 3.63) is 23.8 Å². The van der Waals surface area contributed by atoms with Crippen molar-refractivity contribution in [2.45, 2.75) is 162 Å². The van der Waals surface area contributed by atoms with Gasteiger partial charge < -0.3 is 18.3 Å². The van der Waals surface area contributed by atoms with Crippen molar-refractivity contribution < 1.29 is 27.9 Å². The molecular weight excluding hydrogens is 573 g/mol. The molecule has 7 atom stereocenters. The molecule has 1 heterocycles. The molecule has 246 valence electrons. The van der Waals surface area contributed by atoms with Crippen LogP contribution in [0.5, 0.6) is 0 Å². The van der Waals surface area contributed by atoms with E-state index in [-0.39, 0.29) is 58.3 Å². The van der Waals surface area contributed by atoms with Gasteiger partial charge in [0.2, 0.25) is 0 Å². The van der Waals surface area contributed by atoms with E-state index in [0.29, 0.717) is 18.8 Å². The number of carbonyl (C=O) groups excluding carboxylic acids is 2. The Labute approximate surface area is 265 Å².